The maximum atomic E-state index is 4.74. The standard InChI is InChI=1S/C17H25N7/c1-3-4-10-22(2)17-20-9-6-15(21-17)23-11-13-24(14-12-23)16-18-7-5-8-19-16/h5-9H,3-4,10-14H2,1-2H3. The fourth-order valence-electron chi connectivity index (χ4n) is 2.78. The van der Waals surface area contributed by atoms with E-state index in [0.29, 0.717) is 0 Å². The normalized spacial score (nSPS) is 14.8. The summed E-state index contributed by atoms with van der Waals surface area (Å²) in [7, 11) is 2.06. The van der Waals surface area contributed by atoms with Crippen LogP contribution in [0.2, 0.25) is 0 Å². The van der Waals surface area contributed by atoms with Crippen LogP contribution in [0.25, 0.3) is 0 Å². The highest BCUT2D eigenvalue weighted by atomic mass is 15.3. The van der Waals surface area contributed by atoms with E-state index in [1.165, 1.54) is 6.42 Å². The minimum absolute atomic E-state index is 0.801. The molecular formula is C17H25N7. The number of unbranched alkanes of at least 4 members (excludes halogenated alkanes) is 1. The van der Waals surface area contributed by atoms with Gasteiger partial charge in [0, 0.05) is 58.4 Å². The predicted octanol–water partition coefficient (Wildman–Crippen LogP) is 1.83. The van der Waals surface area contributed by atoms with E-state index in [0.717, 1.165) is 56.9 Å². The number of anilines is 3. The molecule has 0 bridgehead atoms. The molecule has 0 atom stereocenters. The van der Waals surface area contributed by atoms with Crippen molar-refractivity contribution in [1.82, 2.24) is 19.9 Å². The lowest BCUT2D eigenvalue weighted by Gasteiger charge is -2.35. The van der Waals surface area contributed by atoms with Gasteiger partial charge in [-0.25, -0.2) is 15.0 Å². The molecule has 128 valence electrons. The van der Waals surface area contributed by atoms with Crippen LogP contribution >= 0.6 is 0 Å². The van der Waals surface area contributed by atoms with Crippen molar-refractivity contribution >= 4 is 17.7 Å². The lowest BCUT2D eigenvalue weighted by Crippen LogP contribution is -2.47. The highest BCUT2D eigenvalue weighted by Gasteiger charge is 2.20. The molecule has 2 aromatic heterocycles. The molecule has 0 amide bonds. The van der Waals surface area contributed by atoms with Crippen molar-refractivity contribution in [3.8, 4) is 0 Å². The van der Waals surface area contributed by atoms with E-state index in [9.17, 15) is 0 Å². The highest BCUT2D eigenvalue weighted by Crippen LogP contribution is 2.18. The Hall–Kier alpha value is -2.44. The number of rotatable bonds is 6. The predicted molar refractivity (Wildman–Crippen MR) is 96.7 cm³/mol. The van der Waals surface area contributed by atoms with Gasteiger partial charge < -0.3 is 14.7 Å². The Balaban J connectivity index is 1.62. The van der Waals surface area contributed by atoms with E-state index in [4.69, 9.17) is 4.98 Å². The highest BCUT2D eigenvalue weighted by molar-refractivity contribution is 5.45. The zero-order valence-electron chi connectivity index (χ0n) is 14.5. The SMILES string of the molecule is CCCCN(C)c1nccc(N2CCN(c3ncccn3)CC2)n1. The average molecular weight is 327 g/mol. The van der Waals surface area contributed by atoms with Crippen molar-refractivity contribution in [3.63, 3.8) is 0 Å². The van der Waals surface area contributed by atoms with Gasteiger partial charge in [-0.1, -0.05) is 13.3 Å². The Kier molecular flexibility index (Phi) is 5.40. The van der Waals surface area contributed by atoms with Gasteiger partial charge in [-0.2, -0.15) is 4.98 Å². The molecule has 2 aromatic rings. The summed E-state index contributed by atoms with van der Waals surface area (Å²) >= 11 is 0. The Bertz CT molecular complexity index is 626. The number of nitrogens with zero attached hydrogens (tertiary/aromatic N) is 7. The zero-order chi connectivity index (χ0) is 16.8. The Morgan fingerprint density at radius 1 is 1.00 bits per heavy atom. The molecule has 3 heterocycles. The molecule has 0 N–H and O–H groups in total. The van der Waals surface area contributed by atoms with E-state index in [2.05, 4.69) is 43.6 Å². The second-order valence-corrected chi connectivity index (χ2v) is 6.01. The molecule has 0 saturated carbocycles. The third-order valence-electron chi connectivity index (χ3n) is 4.26. The first kappa shape index (κ1) is 16.4. The molecule has 0 spiro atoms. The molecule has 0 radical (unpaired) electrons. The molecule has 0 aliphatic carbocycles. The fourth-order valence-corrected chi connectivity index (χ4v) is 2.78. The number of hydrogen-bond donors (Lipinski definition) is 0. The summed E-state index contributed by atoms with van der Waals surface area (Å²) in [6.45, 7) is 6.80. The van der Waals surface area contributed by atoms with Gasteiger partial charge in [0.05, 0.1) is 0 Å². The molecule has 24 heavy (non-hydrogen) atoms. The summed E-state index contributed by atoms with van der Waals surface area (Å²) in [5, 5.41) is 0. The van der Waals surface area contributed by atoms with Gasteiger partial charge in [0.2, 0.25) is 11.9 Å². The maximum Gasteiger partial charge on any atom is 0.226 e. The summed E-state index contributed by atoms with van der Waals surface area (Å²) in [5.41, 5.74) is 0. The second-order valence-electron chi connectivity index (χ2n) is 6.01. The summed E-state index contributed by atoms with van der Waals surface area (Å²) < 4.78 is 0. The first-order valence-corrected chi connectivity index (χ1v) is 8.59. The Labute approximate surface area is 143 Å². The smallest absolute Gasteiger partial charge is 0.226 e. The molecule has 3 rings (SSSR count). The maximum absolute atomic E-state index is 4.74. The van der Waals surface area contributed by atoms with Crippen LogP contribution in [0, 0.1) is 0 Å². The van der Waals surface area contributed by atoms with Crippen LogP contribution in [0.3, 0.4) is 0 Å². The van der Waals surface area contributed by atoms with Crippen LogP contribution in [0.15, 0.2) is 30.7 Å². The van der Waals surface area contributed by atoms with Crippen molar-refractivity contribution in [2.75, 3.05) is 54.5 Å². The molecule has 7 nitrogen and oxygen atoms in total. The lowest BCUT2D eigenvalue weighted by molar-refractivity contribution is 0.633. The Morgan fingerprint density at radius 3 is 2.42 bits per heavy atom. The molecular weight excluding hydrogens is 302 g/mol. The molecule has 0 unspecified atom stereocenters. The van der Waals surface area contributed by atoms with Crippen LogP contribution in [-0.2, 0) is 0 Å². The fraction of sp³-hybridized carbons (Fsp3) is 0.529. The average Bonchev–Trinajstić information content (AvgIpc) is 2.67. The van der Waals surface area contributed by atoms with Gasteiger partial charge in [-0.3, -0.25) is 0 Å². The van der Waals surface area contributed by atoms with Crippen molar-refractivity contribution in [2.45, 2.75) is 19.8 Å². The van der Waals surface area contributed by atoms with Crippen molar-refractivity contribution in [2.24, 2.45) is 0 Å². The van der Waals surface area contributed by atoms with Crippen LogP contribution in [0.5, 0.6) is 0 Å². The summed E-state index contributed by atoms with van der Waals surface area (Å²) in [4.78, 5) is 24.4. The van der Waals surface area contributed by atoms with E-state index >= 15 is 0 Å². The van der Waals surface area contributed by atoms with Gasteiger partial charge in [0.15, 0.2) is 0 Å². The largest absolute Gasteiger partial charge is 0.353 e. The van der Waals surface area contributed by atoms with Gasteiger partial charge in [-0.15, -0.1) is 0 Å². The number of piperazine rings is 1. The molecule has 1 fully saturated rings. The summed E-state index contributed by atoms with van der Waals surface area (Å²) in [6, 6.07) is 3.84. The molecule has 1 aliphatic rings. The van der Waals surface area contributed by atoms with Crippen molar-refractivity contribution in [3.05, 3.63) is 30.7 Å². The summed E-state index contributed by atoms with van der Waals surface area (Å²) in [6.07, 6.45) is 7.76. The van der Waals surface area contributed by atoms with Crippen LogP contribution in [-0.4, -0.2) is 59.7 Å². The second kappa shape index (κ2) is 7.90. The lowest BCUT2D eigenvalue weighted by atomic mass is 10.3. The van der Waals surface area contributed by atoms with E-state index in [-0.39, 0.29) is 0 Å². The molecule has 0 aromatic carbocycles. The number of aromatic nitrogens is 4. The third kappa shape index (κ3) is 3.90. The van der Waals surface area contributed by atoms with E-state index < -0.39 is 0 Å². The van der Waals surface area contributed by atoms with Gasteiger partial charge in [-0.05, 0) is 18.6 Å². The van der Waals surface area contributed by atoms with Gasteiger partial charge in [0.25, 0.3) is 0 Å². The number of hydrogen-bond acceptors (Lipinski definition) is 7. The van der Waals surface area contributed by atoms with Crippen molar-refractivity contribution < 1.29 is 0 Å². The van der Waals surface area contributed by atoms with Crippen molar-refractivity contribution in [1.29, 1.82) is 0 Å². The molecule has 1 aliphatic heterocycles. The monoisotopic (exact) mass is 327 g/mol. The minimum atomic E-state index is 0.801. The topological polar surface area (TPSA) is 61.3 Å². The van der Waals surface area contributed by atoms with Crippen LogP contribution < -0.4 is 14.7 Å². The Morgan fingerprint density at radius 2 is 1.71 bits per heavy atom. The minimum Gasteiger partial charge on any atom is -0.353 e. The molecule has 7 heteroatoms. The first-order valence-electron chi connectivity index (χ1n) is 8.59. The van der Waals surface area contributed by atoms with E-state index in [1.807, 2.05) is 18.3 Å². The zero-order valence-corrected chi connectivity index (χ0v) is 14.5. The van der Waals surface area contributed by atoms with Crippen LogP contribution in [0.1, 0.15) is 19.8 Å². The van der Waals surface area contributed by atoms with Gasteiger partial charge >= 0.3 is 0 Å². The quantitative estimate of drug-likeness (QED) is 0.802. The first-order chi connectivity index (χ1) is 11.8. The third-order valence-corrected chi connectivity index (χ3v) is 4.26. The van der Waals surface area contributed by atoms with E-state index in [1.54, 1.807) is 12.4 Å². The van der Waals surface area contributed by atoms with Crippen LogP contribution in [0.4, 0.5) is 17.7 Å². The molecule has 1 saturated heterocycles. The summed E-state index contributed by atoms with van der Waals surface area (Å²) in [5.74, 6) is 2.60. The van der Waals surface area contributed by atoms with Gasteiger partial charge in [0.1, 0.15) is 5.82 Å².